The molecule has 0 aromatic carbocycles. The summed E-state index contributed by atoms with van der Waals surface area (Å²) in [5.74, 6) is 2.56. The first-order valence-corrected chi connectivity index (χ1v) is 13.9. The van der Waals surface area contributed by atoms with Gasteiger partial charge in [0.05, 0.1) is 50.5 Å². The number of piperazine rings is 1. The Labute approximate surface area is 225 Å². The maximum absolute atomic E-state index is 5.64. The fraction of sp³-hybridized carbons (Fsp3) is 0.552. The van der Waals surface area contributed by atoms with Crippen molar-refractivity contribution in [3.63, 3.8) is 0 Å². The van der Waals surface area contributed by atoms with Crippen molar-refractivity contribution in [1.29, 1.82) is 0 Å². The van der Waals surface area contributed by atoms with Gasteiger partial charge >= 0.3 is 0 Å². The molecule has 9 heteroatoms. The molecule has 1 saturated heterocycles. The lowest BCUT2D eigenvalue weighted by atomic mass is 9.97. The molecule has 0 radical (unpaired) electrons. The first-order chi connectivity index (χ1) is 18.7. The van der Waals surface area contributed by atoms with Gasteiger partial charge in [-0.2, -0.15) is 5.10 Å². The standard InChI is InChI=1S/C29H39N7O2/c1-37-25-13-24(14-26(16-25)38-2)36(19-21-3-4-21)23-5-6-27-28(15-23)33-29(18-31-27)22-17-32-35(20-22)12-11-34-9-7-30-8-10-34/h5,13,15-18,20-21,24,27,30H,3-4,6-12,14,19H2,1-2H3. The Morgan fingerprint density at radius 3 is 2.76 bits per heavy atom. The van der Waals surface area contributed by atoms with Crippen LogP contribution >= 0.6 is 0 Å². The van der Waals surface area contributed by atoms with Gasteiger partial charge in [-0.1, -0.05) is 6.08 Å². The number of hydrogen-bond donors (Lipinski definition) is 1. The lowest BCUT2D eigenvalue weighted by molar-refractivity contribution is 0.208. The van der Waals surface area contributed by atoms with Gasteiger partial charge in [0.2, 0.25) is 0 Å². The summed E-state index contributed by atoms with van der Waals surface area (Å²) in [5, 5.41) is 8.02. The normalized spacial score (nSPS) is 25.5. The third kappa shape index (κ3) is 5.78. The number of methoxy groups -OCH3 is 2. The number of nitrogens with zero attached hydrogens (tertiary/aromatic N) is 6. The van der Waals surface area contributed by atoms with Crippen LogP contribution in [-0.4, -0.2) is 97.1 Å². The van der Waals surface area contributed by atoms with Gasteiger partial charge in [-0.25, -0.2) is 4.99 Å². The number of ether oxygens (including phenoxy) is 2. The van der Waals surface area contributed by atoms with Crippen molar-refractivity contribution < 1.29 is 9.47 Å². The van der Waals surface area contributed by atoms with Crippen LogP contribution in [0.25, 0.3) is 0 Å². The Balaban J connectivity index is 1.18. The summed E-state index contributed by atoms with van der Waals surface area (Å²) in [7, 11) is 3.46. The van der Waals surface area contributed by atoms with Crippen molar-refractivity contribution in [3.8, 4) is 0 Å². The summed E-state index contributed by atoms with van der Waals surface area (Å²) in [6.45, 7) is 7.27. The highest BCUT2D eigenvalue weighted by Gasteiger charge is 2.32. The minimum absolute atomic E-state index is 0.0823. The van der Waals surface area contributed by atoms with E-state index in [1.165, 1.54) is 18.5 Å². The number of allylic oxidation sites excluding steroid dienone is 2. The van der Waals surface area contributed by atoms with Gasteiger partial charge in [-0.05, 0) is 37.3 Å². The summed E-state index contributed by atoms with van der Waals surface area (Å²) in [5.41, 5.74) is 4.17. The Hall–Kier alpha value is -3.17. The van der Waals surface area contributed by atoms with Gasteiger partial charge < -0.3 is 19.7 Å². The summed E-state index contributed by atoms with van der Waals surface area (Å²) < 4.78 is 13.3. The molecule has 2 fully saturated rings. The Morgan fingerprint density at radius 1 is 1.11 bits per heavy atom. The second-order valence-electron chi connectivity index (χ2n) is 10.8. The van der Waals surface area contributed by atoms with E-state index in [1.54, 1.807) is 14.2 Å². The van der Waals surface area contributed by atoms with Crippen LogP contribution < -0.4 is 5.32 Å². The predicted octanol–water partition coefficient (Wildman–Crippen LogP) is 2.75. The molecule has 1 N–H and O–H groups in total. The lowest BCUT2D eigenvalue weighted by Gasteiger charge is -2.37. The van der Waals surface area contributed by atoms with E-state index < -0.39 is 0 Å². The number of nitrogens with one attached hydrogen (secondary N) is 1. The molecule has 1 aromatic rings. The molecule has 0 amide bonds. The zero-order chi connectivity index (χ0) is 25.9. The molecule has 5 aliphatic rings. The average molecular weight is 518 g/mol. The SMILES string of the molecule is COC1=CC(N(CC2CC2)C2=CCC3N=CC(c4cnn(CCN5CCNCC5)c4)=NC3=C2)CC(OC)=C1. The topological polar surface area (TPSA) is 79.5 Å². The van der Waals surface area contributed by atoms with E-state index in [4.69, 9.17) is 19.5 Å². The Kier molecular flexibility index (Phi) is 7.47. The highest BCUT2D eigenvalue weighted by molar-refractivity contribution is 6.38. The summed E-state index contributed by atoms with van der Waals surface area (Å²) in [6.07, 6.45) is 19.0. The zero-order valence-corrected chi connectivity index (χ0v) is 22.6. The summed E-state index contributed by atoms with van der Waals surface area (Å²) >= 11 is 0. The van der Waals surface area contributed by atoms with E-state index in [1.807, 2.05) is 23.2 Å². The molecule has 0 spiro atoms. The molecule has 2 aliphatic heterocycles. The van der Waals surface area contributed by atoms with Crippen LogP contribution in [0.4, 0.5) is 0 Å². The molecule has 1 saturated carbocycles. The highest BCUT2D eigenvalue weighted by Crippen LogP contribution is 2.36. The van der Waals surface area contributed by atoms with E-state index >= 15 is 0 Å². The molecular formula is C29H39N7O2. The smallest absolute Gasteiger partial charge is 0.120 e. The van der Waals surface area contributed by atoms with Gasteiger partial charge in [0, 0.05) is 75.4 Å². The highest BCUT2D eigenvalue weighted by atomic mass is 16.5. The van der Waals surface area contributed by atoms with E-state index in [-0.39, 0.29) is 12.1 Å². The minimum Gasteiger partial charge on any atom is -0.501 e. The van der Waals surface area contributed by atoms with Gasteiger partial charge in [0.25, 0.3) is 0 Å². The lowest BCUT2D eigenvalue weighted by Crippen LogP contribution is -2.44. The van der Waals surface area contributed by atoms with E-state index in [9.17, 15) is 0 Å². The van der Waals surface area contributed by atoms with Crippen LogP contribution in [0.5, 0.6) is 0 Å². The molecule has 3 heterocycles. The van der Waals surface area contributed by atoms with Crippen LogP contribution in [0.2, 0.25) is 0 Å². The zero-order valence-electron chi connectivity index (χ0n) is 22.6. The maximum Gasteiger partial charge on any atom is 0.120 e. The Bertz CT molecular complexity index is 1200. The van der Waals surface area contributed by atoms with E-state index in [2.05, 4.69) is 44.6 Å². The van der Waals surface area contributed by atoms with Crippen LogP contribution in [0.3, 0.4) is 0 Å². The molecule has 9 nitrogen and oxygen atoms in total. The summed E-state index contributed by atoms with van der Waals surface area (Å²) in [4.78, 5) is 15.0. The third-order valence-electron chi connectivity index (χ3n) is 8.05. The number of aromatic nitrogens is 2. The van der Waals surface area contributed by atoms with Crippen LogP contribution in [0, 0.1) is 5.92 Å². The second-order valence-corrected chi connectivity index (χ2v) is 10.8. The first-order valence-electron chi connectivity index (χ1n) is 13.9. The number of hydrogen-bond acceptors (Lipinski definition) is 8. The van der Waals surface area contributed by atoms with Crippen molar-refractivity contribution in [2.75, 3.05) is 53.5 Å². The number of aliphatic imine (C=N–C) groups is 2. The third-order valence-corrected chi connectivity index (χ3v) is 8.05. The van der Waals surface area contributed by atoms with Crippen molar-refractivity contribution in [2.24, 2.45) is 15.9 Å². The molecule has 1 aromatic heterocycles. The van der Waals surface area contributed by atoms with Gasteiger partial charge in [0.15, 0.2) is 0 Å². The number of rotatable bonds is 10. The monoisotopic (exact) mass is 517 g/mol. The van der Waals surface area contributed by atoms with Crippen molar-refractivity contribution in [2.45, 2.75) is 44.3 Å². The molecule has 2 atom stereocenters. The van der Waals surface area contributed by atoms with Crippen LogP contribution in [-0.2, 0) is 16.0 Å². The van der Waals surface area contributed by atoms with Gasteiger partial charge in [-0.3, -0.25) is 14.6 Å². The Morgan fingerprint density at radius 2 is 1.97 bits per heavy atom. The maximum atomic E-state index is 5.64. The fourth-order valence-electron chi connectivity index (χ4n) is 5.57. The van der Waals surface area contributed by atoms with E-state index in [0.717, 1.165) is 93.1 Å². The van der Waals surface area contributed by atoms with Gasteiger partial charge in [-0.15, -0.1) is 0 Å². The van der Waals surface area contributed by atoms with E-state index in [0.29, 0.717) is 0 Å². The van der Waals surface area contributed by atoms with Crippen molar-refractivity contribution in [3.05, 3.63) is 65.2 Å². The van der Waals surface area contributed by atoms with Gasteiger partial charge in [0.1, 0.15) is 11.5 Å². The fourth-order valence-corrected chi connectivity index (χ4v) is 5.57. The summed E-state index contributed by atoms with van der Waals surface area (Å²) in [6, 6.07) is 0.272. The quantitative estimate of drug-likeness (QED) is 0.514. The number of fused-ring (bicyclic) bond motifs is 1. The molecule has 202 valence electrons. The molecule has 2 unspecified atom stereocenters. The van der Waals surface area contributed by atoms with Crippen molar-refractivity contribution in [1.82, 2.24) is 24.9 Å². The van der Waals surface area contributed by atoms with Crippen LogP contribution in [0.1, 0.15) is 31.2 Å². The first kappa shape index (κ1) is 25.1. The predicted molar refractivity (Wildman–Crippen MR) is 149 cm³/mol. The second kappa shape index (κ2) is 11.3. The average Bonchev–Trinajstić information content (AvgIpc) is 3.68. The van der Waals surface area contributed by atoms with Crippen LogP contribution in [0.15, 0.2) is 69.6 Å². The molecular weight excluding hydrogens is 478 g/mol. The largest absolute Gasteiger partial charge is 0.501 e. The molecule has 0 bridgehead atoms. The van der Waals surface area contributed by atoms with Crippen molar-refractivity contribution >= 4 is 11.9 Å². The molecule has 6 rings (SSSR count). The molecule has 38 heavy (non-hydrogen) atoms. The molecule has 3 aliphatic carbocycles. The minimum atomic E-state index is 0.0823.